The van der Waals surface area contributed by atoms with Gasteiger partial charge < -0.3 is 15.0 Å². The third-order valence-corrected chi connectivity index (χ3v) is 2.97. The van der Waals surface area contributed by atoms with Crippen LogP contribution in [0.3, 0.4) is 0 Å². The third kappa shape index (κ3) is 5.06. The Hall–Kier alpha value is -0.690. The van der Waals surface area contributed by atoms with Gasteiger partial charge in [0.15, 0.2) is 5.96 Å². The molecule has 1 heterocycles. The molecular weight excluding hydrogens is 377 g/mol. The Morgan fingerprint density at radius 1 is 1.53 bits per heavy atom. The van der Waals surface area contributed by atoms with E-state index in [9.17, 15) is 0 Å². The zero-order chi connectivity index (χ0) is 13.0. The normalized spacial score (nSPS) is 15.5. The number of likely N-dealkylation sites (N-methyl/N-ethyl adjacent to an activating group) is 1. The largest absolute Gasteiger partial charge is 0.489 e. The van der Waals surface area contributed by atoms with Crippen molar-refractivity contribution in [3.63, 3.8) is 0 Å². The second kappa shape index (κ2) is 7.79. The molecule has 0 saturated carbocycles. The quantitative estimate of drug-likeness (QED) is 0.796. The average Bonchev–Trinajstić information content (AvgIpc) is 2.72. The molecule has 1 atom stereocenters. The molecule has 0 aromatic heterocycles. The Morgan fingerprint density at radius 3 is 2.95 bits per heavy atom. The van der Waals surface area contributed by atoms with Gasteiger partial charge in [0.2, 0.25) is 0 Å². The van der Waals surface area contributed by atoms with Crippen molar-refractivity contribution in [3.05, 3.63) is 29.3 Å². The maximum absolute atomic E-state index is 5.91. The molecule has 1 unspecified atom stereocenters. The summed E-state index contributed by atoms with van der Waals surface area (Å²) in [6.45, 7) is 4.58. The number of ether oxygens (including phenoxy) is 1. The fourth-order valence-electron chi connectivity index (χ4n) is 1.77. The Balaban J connectivity index is 0.00000180. The van der Waals surface area contributed by atoms with E-state index in [4.69, 9.17) is 16.3 Å². The molecule has 19 heavy (non-hydrogen) atoms. The molecule has 0 spiro atoms. The standard InChI is InChI=1S/C13H18ClN3O.HI/c1-10(9-16-13-15-6-7-17(13)2)18-12-5-3-4-11(14)8-12;/h3-5,8,10H,6-7,9H2,1-2H3,(H,15,16);1H. The van der Waals surface area contributed by atoms with Crippen molar-refractivity contribution in [2.75, 3.05) is 26.7 Å². The van der Waals surface area contributed by atoms with Crippen LogP contribution in [0.15, 0.2) is 29.3 Å². The van der Waals surface area contributed by atoms with E-state index in [-0.39, 0.29) is 30.1 Å². The van der Waals surface area contributed by atoms with E-state index in [1.807, 2.05) is 38.2 Å². The van der Waals surface area contributed by atoms with Gasteiger partial charge in [0.25, 0.3) is 0 Å². The van der Waals surface area contributed by atoms with Gasteiger partial charge in [-0.3, -0.25) is 4.99 Å². The fraction of sp³-hybridized carbons (Fsp3) is 0.462. The topological polar surface area (TPSA) is 36.9 Å². The molecule has 1 aliphatic rings. The first-order chi connectivity index (χ1) is 8.65. The minimum absolute atomic E-state index is 0. The second-order valence-electron chi connectivity index (χ2n) is 4.39. The summed E-state index contributed by atoms with van der Waals surface area (Å²) in [6, 6.07) is 7.44. The lowest BCUT2D eigenvalue weighted by Crippen LogP contribution is -2.40. The molecule has 0 fully saturated rings. The van der Waals surface area contributed by atoms with E-state index in [0.29, 0.717) is 5.02 Å². The summed E-state index contributed by atoms with van der Waals surface area (Å²) in [4.78, 5) is 6.47. The zero-order valence-electron chi connectivity index (χ0n) is 11.1. The first-order valence-corrected chi connectivity index (χ1v) is 6.44. The Bertz CT molecular complexity index is 442. The van der Waals surface area contributed by atoms with Crippen molar-refractivity contribution in [2.24, 2.45) is 4.99 Å². The van der Waals surface area contributed by atoms with E-state index in [1.54, 1.807) is 0 Å². The predicted octanol–water partition coefficient (Wildman–Crippen LogP) is 2.62. The van der Waals surface area contributed by atoms with Gasteiger partial charge in [-0.15, -0.1) is 24.0 Å². The van der Waals surface area contributed by atoms with E-state index < -0.39 is 0 Å². The van der Waals surface area contributed by atoms with Gasteiger partial charge >= 0.3 is 0 Å². The molecule has 1 N–H and O–H groups in total. The summed E-state index contributed by atoms with van der Waals surface area (Å²) < 4.78 is 5.77. The van der Waals surface area contributed by atoms with E-state index in [0.717, 1.165) is 31.3 Å². The van der Waals surface area contributed by atoms with Crippen molar-refractivity contribution in [3.8, 4) is 5.75 Å². The van der Waals surface area contributed by atoms with E-state index in [2.05, 4.69) is 15.2 Å². The number of halogens is 2. The third-order valence-electron chi connectivity index (χ3n) is 2.74. The van der Waals surface area contributed by atoms with Gasteiger partial charge in [-0.2, -0.15) is 0 Å². The predicted molar refractivity (Wildman–Crippen MR) is 89.9 cm³/mol. The number of hydrogen-bond acceptors (Lipinski definition) is 4. The number of nitrogens with one attached hydrogen (secondary N) is 1. The molecular formula is C13H19ClIN3O. The summed E-state index contributed by atoms with van der Waals surface area (Å²) in [7, 11) is 2.03. The molecule has 1 aromatic carbocycles. The Kier molecular flexibility index (Phi) is 6.71. The molecule has 6 heteroatoms. The summed E-state index contributed by atoms with van der Waals surface area (Å²) in [5.41, 5.74) is 0. The summed E-state index contributed by atoms with van der Waals surface area (Å²) >= 11 is 5.91. The number of guanidine groups is 1. The lowest BCUT2D eigenvalue weighted by molar-refractivity contribution is 0.223. The molecule has 2 rings (SSSR count). The van der Waals surface area contributed by atoms with Crippen molar-refractivity contribution in [2.45, 2.75) is 13.0 Å². The van der Waals surface area contributed by atoms with E-state index in [1.165, 1.54) is 0 Å². The smallest absolute Gasteiger partial charge is 0.193 e. The van der Waals surface area contributed by atoms with E-state index >= 15 is 0 Å². The van der Waals surface area contributed by atoms with Gasteiger partial charge in [-0.05, 0) is 25.1 Å². The summed E-state index contributed by atoms with van der Waals surface area (Å²) in [5, 5.41) is 3.97. The van der Waals surface area contributed by atoms with Gasteiger partial charge in [0, 0.05) is 18.6 Å². The average molecular weight is 396 g/mol. The van der Waals surface area contributed by atoms with Crippen LogP contribution >= 0.6 is 35.6 Å². The molecule has 0 bridgehead atoms. The van der Waals surface area contributed by atoms with Crippen molar-refractivity contribution >= 4 is 41.5 Å². The number of benzene rings is 1. The van der Waals surface area contributed by atoms with Crippen molar-refractivity contribution in [1.29, 1.82) is 0 Å². The highest BCUT2D eigenvalue weighted by atomic mass is 127. The molecule has 0 radical (unpaired) electrons. The summed E-state index contributed by atoms with van der Waals surface area (Å²) in [6.07, 6.45) is 0.0557. The first kappa shape index (κ1) is 16.4. The van der Waals surface area contributed by atoms with Gasteiger partial charge in [-0.1, -0.05) is 17.7 Å². The van der Waals surface area contributed by atoms with Crippen LogP contribution in [0, 0.1) is 0 Å². The minimum Gasteiger partial charge on any atom is -0.489 e. The van der Waals surface area contributed by atoms with Gasteiger partial charge in [0.1, 0.15) is 11.9 Å². The molecule has 106 valence electrons. The maximum atomic E-state index is 5.91. The minimum atomic E-state index is 0. The van der Waals surface area contributed by atoms with Crippen LogP contribution in [-0.2, 0) is 0 Å². The number of rotatable bonds is 4. The summed E-state index contributed by atoms with van der Waals surface area (Å²) in [5.74, 6) is 1.73. The highest BCUT2D eigenvalue weighted by molar-refractivity contribution is 14.0. The molecule has 0 saturated heterocycles. The highest BCUT2D eigenvalue weighted by Crippen LogP contribution is 2.18. The van der Waals surface area contributed by atoms with Crippen LogP contribution in [0.2, 0.25) is 5.02 Å². The van der Waals surface area contributed by atoms with Crippen LogP contribution in [0.5, 0.6) is 5.75 Å². The van der Waals surface area contributed by atoms with Crippen molar-refractivity contribution < 1.29 is 4.74 Å². The van der Waals surface area contributed by atoms with Crippen LogP contribution in [0.4, 0.5) is 0 Å². The molecule has 1 aliphatic heterocycles. The van der Waals surface area contributed by atoms with Crippen LogP contribution in [-0.4, -0.2) is 43.6 Å². The monoisotopic (exact) mass is 395 g/mol. The lowest BCUT2D eigenvalue weighted by Gasteiger charge is -2.19. The van der Waals surface area contributed by atoms with Gasteiger partial charge in [0.05, 0.1) is 13.1 Å². The molecule has 0 amide bonds. The fourth-order valence-corrected chi connectivity index (χ4v) is 1.95. The highest BCUT2D eigenvalue weighted by Gasteiger charge is 2.13. The number of aliphatic imine (C=N–C) groups is 1. The SMILES string of the molecule is CC(CNC1=NCCN1C)Oc1cccc(Cl)c1.I. The Morgan fingerprint density at radius 2 is 2.32 bits per heavy atom. The lowest BCUT2D eigenvalue weighted by atomic mass is 10.3. The van der Waals surface area contributed by atoms with Crippen LogP contribution in [0.25, 0.3) is 0 Å². The zero-order valence-corrected chi connectivity index (χ0v) is 14.2. The second-order valence-corrected chi connectivity index (χ2v) is 4.83. The Labute approximate surface area is 136 Å². The molecule has 4 nitrogen and oxygen atoms in total. The first-order valence-electron chi connectivity index (χ1n) is 6.07. The maximum Gasteiger partial charge on any atom is 0.193 e. The number of nitrogens with zero attached hydrogens (tertiary/aromatic N) is 2. The number of hydrogen-bond donors (Lipinski definition) is 1. The van der Waals surface area contributed by atoms with Crippen LogP contribution in [0.1, 0.15) is 6.92 Å². The van der Waals surface area contributed by atoms with Gasteiger partial charge in [-0.25, -0.2) is 0 Å². The van der Waals surface area contributed by atoms with Crippen molar-refractivity contribution in [1.82, 2.24) is 10.2 Å². The molecule has 0 aliphatic carbocycles. The molecule has 1 aromatic rings. The van der Waals surface area contributed by atoms with Crippen LogP contribution < -0.4 is 10.1 Å².